The van der Waals surface area contributed by atoms with Gasteiger partial charge in [0.25, 0.3) is 5.56 Å². The van der Waals surface area contributed by atoms with Gasteiger partial charge in [-0.3, -0.25) is 9.36 Å². The molecule has 0 radical (unpaired) electrons. The van der Waals surface area contributed by atoms with Gasteiger partial charge in [0.15, 0.2) is 10.6 Å². The predicted octanol–water partition coefficient (Wildman–Crippen LogP) is 5.90. The molecule has 0 spiro atoms. The van der Waals surface area contributed by atoms with Crippen LogP contribution in [0.15, 0.2) is 57.7 Å². The van der Waals surface area contributed by atoms with Crippen LogP contribution in [-0.2, 0) is 17.7 Å². The maximum absolute atomic E-state index is 13.6. The standard InChI is InChI=1S/C31H37N5O3S2/c1-3-39-26-18-23-19-32-31(33-24-10-8-21(9-11-24)22-12-15-35(2)16-13-22)34-29(23)36(30(26)37)20-27-28(14-17-40-27)41(38)25-6-4-5-7-25/h8-11,14,17-19,22,25H,3-7,12-13,15-16,20H2,1-2H3,(H,32,33,34). The van der Waals surface area contributed by atoms with Gasteiger partial charge in [-0.15, -0.1) is 11.3 Å². The predicted molar refractivity (Wildman–Crippen MR) is 166 cm³/mol. The van der Waals surface area contributed by atoms with Crippen LogP contribution in [0.2, 0.25) is 0 Å². The van der Waals surface area contributed by atoms with E-state index in [9.17, 15) is 9.35 Å². The van der Waals surface area contributed by atoms with Crippen LogP contribution in [0.5, 0.6) is 5.75 Å². The normalized spacial score (nSPS) is 17.7. The van der Waals surface area contributed by atoms with Gasteiger partial charge < -0.3 is 19.5 Å². The minimum atomic E-state index is -1.08. The van der Waals surface area contributed by atoms with Crippen LogP contribution in [0.1, 0.15) is 61.8 Å². The van der Waals surface area contributed by atoms with Gasteiger partial charge in [-0.25, -0.2) is 4.98 Å². The SMILES string of the molecule is CCOc1cc2cnc(Nc3ccc(C4CCN(C)CC4)cc3)nc2n(Cc2sccc2[S+]([O-])C2CCCC2)c1=O. The molecule has 1 aliphatic carbocycles. The lowest BCUT2D eigenvalue weighted by Crippen LogP contribution is -2.29. The number of hydrogen-bond donors (Lipinski definition) is 1. The lowest BCUT2D eigenvalue weighted by atomic mass is 9.89. The fraction of sp³-hybridized carbons (Fsp3) is 0.452. The molecule has 0 amide bonds. The number of nitrogens with zero attached hydrogens (tertiary/aromatic N) is 4. The Kier molecular flexibility index (Phi) is 8.62. The summed E-state index contributed by atoms with van der Waals surface area (Å²) < 4.78 is 20.7. The van der Waals surface area contributed by atoms with Crippen molar-refractivity contribution in [2.75, 3.05) is 32.1 Å². The van der Waals surface area contributed by atoms with E-state index in [4.69, 9.17) is 9.72 Å². The van der Waals surface area contributed by atoms with Crippen molar-refractivity contribution < 1.29 is 9.29 Å². The van der Waals surface area contributed by atoms with E-state index in [1.165, 1.54) is 29.7 Å². The second-order valence-electron chi connectivity index (χ2n) is 11.0. The number of nitrogens with one attached hydrogen (secondary N) is 1. The monoisotopic (exact) mass is 591 g/mol. The fourth-order valence-corrected chi connectivity index (χ4v) is 8.80. The van der Waals surface area contributed by atoms with Crippen LogP contribution >= 0.6 is 11.3 Å². The lowest BCUT2D eigenvalue weighted by Gasteiger charge is -2.29. The van der Waals surface area contributed by atoms with E-state index < -0.39 is 11.2 Å². The maximum atomic E-state index is 13.6. The van der Waals surface area contributed by atoms with Crippen LogP contribution < -0.4 is 15.6 Å². The number of anilines is 2. The first-order valence-corrected chi connectivity index (χ1v) is 16.6. The van der Waals surface area contributed by atoms with Crippen molar-refractivity contribution in [2.24, 2.45) is 0 Å². The highest BCUT2D eigenvalue weighted by molar-refractivity contribution is 7.92. The van der Waals surface area contributed by atoms with E-state index >= 15 is 0 Å². The quantitative estimate of drug-likeness (QED) is 0.242. The zero-order valence-electron chi connectivity index (χ0n) is 23.7. The first kappa shape index (κ1) is 28.2. The van der Waals surface area contributed by atoms with Crippen LogP contribution in [0.25, 0.3) is 11.0 Å². The van der Waals surface area contributed by atoms with Crippen LogP contribution in [-0.4, -0.2) is 56.0 Å². The van der Waals surface area contributed by atoms with E-state index in [1.807, 2.05) is 18.4 Å². The summed E-state index contributed by atoms with van der Waals surface area (Å²) >= 11 is 0.450. The van der Waals surface area contributed by atoms with E-state index in [0.29, 0.717) is 29.5 Å². The van der Waals surface area contributed by atoms with Crippen LogP contribution in [0.3, 0.4) is 0 Å². The van der Waals surface area contributed by atoms with Crippen molar-refractivity contribution in [1.29, 1.82) is 0 Å². The minimum Gasteiger partial charge on any atom is -0.611 e. The number of rotatable bonds is 9. The smallest absolute Gasteiger partial charge is 0.294 e. The van der Waals surface area contributed by atoms with Gasteiger partial charge in [0.1, 0.15) is 10.9 Å². The van der Waals surface area contributed by atoms with Crippen molar-refractivity contribution >= 4 is 45.2 Å². The number of hydrogen-bond acceptors (Lipinski definition) is 8. The number of likely N-dealkylation sites (tertiary alicyclic amines) is 1. The number of benzene rings is 1. The summed E-state index contributed by atoms with van der Waals surface area (Å²) in [6.45, 7) is 4.78. The first-order chi connectivity index (χ1) is 20.0. The third-order valence-corrected chi connectivity index (χ3v) is 11.2. The molecule has 41 heavy (non-hydrogen) atoms. The zero-order chi connectivity index (χ0) is 28.3. The highest BCUT2D eigenvalue weighted by Gasteiger charge is 2.31. The molecule has 1 saturated heterocycles. The van der Waals surface area contributed by atoms with Crippen molar-refractivity contribution in [2.45, 2.75) is 68.1 Å². The molecule has 10 heteroatoms. The number of ether oxygens (including phenoxy) is 1. The highest BCUT2D eigenvalue weighted by atomic mass is 32.2. The molecule has 216 valence electrons. The Balaban J connectivity index is 1.29. The molecule has 1 saturated carbocycles. The molecule has 1 N–H and O–H groups in total. The minimum absolute atomic E-state index is 0.190. The summed E-state index contributed by atoms with van der Waals surface area (Å²) in [5.74, 6) is 1.28. The third kappa shape index (κ3) is 6.16. The molecule has 4 heterocycles. The van der Waals surface area contributed by atoms with Gasteiger partial charge in [-0.05, 0) is 112 Å². The van der Waals surface area contributed by atoms with Gasteiger partial charge in [0.05, 0.1) is 18.0 Å². The number of aromatic nitrogens is 3. The molecule has 1 atom stereocenters. The number of piperidine rings is 1. The van der Waals surface area contributed by atoms with Crippen molar-refractivity contribution in [3.8, 4) is 5.75 Å². The Morgan fingerprint density at radius 3 is 2.61 bits per heavy atom. The molecule has 2 fully saturated rings. The van der Waals surface area contributed by atoms with Gasteiger partial charge >= 0.3 is 0 Å². The Hall–Kier alpha value is -2.92. The molecular weight excluding hydrogens is 555 g/mol. The first-order valence-electron chi connectivity index (χ1n) is 14.6. The Morgan fingerprint density at radius 1 is 1.12 bits per heavy atom. The van der Waals surface area contributed by atoms with Crippen molar-refractivity contribution in [3.63, 3.8) is 0 Å². The molecule has 1 aromatic carbocycles. The summed E-state index contributed by atoms with van der Waals surface area (Å²) in [7, 11) is 2.18. The molecule has 6 rings (SSSR count). The van der Waals surface area contributed by atoms with Crippen molar-refractivity contribution in [1.82, 2.24) is 19.4 Å². The average molecular weight is 592 g/mol. The summed E-state index contributed by atoms with van der Waals surface area (Å²) in [6, 6.07) is 12.2. The third-order valence-electron chi connectivity index (χ3n) is 8.28. The molecule has 0 bridgehead atoms. The molecule has 4 aromatic rings. The molecular formula is C31H37N5O3S2. The zero-order valence-corrected chi connectivity index (χ0v) is 25.3. The van der Waals surface area contributed by atoms with Crippen LogP contribution in [0, 0.1) is 0 Å². The second kappa shape index (κ2) is 12.5. The topological polar surface area (TPSA) is 95.3 Å². The van der Waals surface area contributed by atoms with Gasteiger partial charge in [0, 0.05) is 23.3 Å². The van der Waals surface area contributed by atoms with Gasteiger partial charge in [-0.1, -0.05) is 12.1 Å². The summed E-state index contributed by atoms with van der Waals surface area (Å²) in [5.41, 5.74) is 2.53. The number of thiophene rings is 1. The maximum Gasteiger partial charge on any atom is 0.294 e. The lowest BCUT2D eigenvalue weighted by molar-refractivity contribution is 0.255. The van der Waals surface area contributed by atoms with Gasteiger partial charge in [-0.2, -0.15) is 4.98 Å². The number of fused-ring (bicyclic) bond motifs is 1. The molecule has 8 nitrogen and oxygen atoms in total. The summed E-state index contributed by atoms with van der Waals surface area (Å²) in [4.78, 5) is 27.1. The largest absolute Gasteiger partial charge is 0.611 e. The second-order valence-corrected chi connectivity index (χ2v) is 13.7. The van der Waals surface area contributed by atoms with Crippen LogP contribution in [0.4, 0.5) is 11.6 Å². The average Bonchev–Trinajstić information content (AvgIpc) is 3.69. The Bertz CT molecular complexity index is 1540. The van der Waals surface area contributed by atoms with E-state index in [1.54, 1.807) is 16.8 Å². The number of pyridine rings is 1. The van der Waals surface area contributed by atoms with E-state index in [-0.39, 0.29) is 23.1 Å². The summed E-state index contributed by atoms with van der Waals surface area (Å²) in [5, 5.41) is 6.19. The molecule has 1 aliphatic heterocycles. The van der Waals surface area contributed by atoms with E-state index in [0.717, 1.165) is 54.2 Å². The highest BCUT2D eigenvalue weighted by Crippen LogP contribution is 2.34. The van der Waals surface area contributed by atoms with E-state index in [2.05, 4.69) is 46.5 Å². The molecule has 2 aliphatic rings. The fourth-order valence-electron chi connectivity index (χ4n) is 5.96. The summed E-state index contributed by atoms with van der Waals surface area (Å²) in [6.07, 6.45) is 8.32. The Morgan fingerprint density at radius 2 is 1.88 bits per heavy atom. The van der Waals surface area contributed by atoms with Crippen molar-refractivity contribution in [3.05, 3.63) is 68.8 Å². The molecule has 3 aromatic heterocycles. The molecule has 1 unspecified atom stereocenters. The van der Waals surface area contributed by atoms with Gasteiger partial charge in [0.2, 0.25) is 5.95 Å². The Labute approximate surface area is 248 Å².